The molecule has 1 heterocycles. The third-order valence-corrected chi connectivity index (χ3v) is 4.07. The molecule has 0 radical (unpaired) electrons. The van der Waals surface area contributed by atoms with Crippen LogP contribution in [0.4, 0.5) is 18.9 Å². The molecule has 0 fully saturated rings. The zero-order valence-corrected chi connectivity index (χ0v) is 15.6. The lowest BCUT2D eigenvalue weighted by atomic mass is 10.2. The number of benzene rings is 2. The van der Waals surface area contributed by atoms with Gasteiger partial charge >= 0.3 is 6.18 Å². The summed E-state index contributed by atoms with van der Waals surface area (Å²) in [5, 5.41) is 3.29. The number of hydrogen-bond donors (Lipinski definition) is 1. The molecule has 3 aromatic rings. The molecular formula is C20H12Cl2F3NO2. The summed E-state index contributed by atoms with van der Waals surface area (Å²) in [4.78, 5) is 12.0. The van der Waals surface area contributed by atoms with Crippen molar-refractivity contribution in [2.24, 2.45) is 0 Å². The molecule has 0 aliphatic heterocycles. The van der Waals surface area contributed by atoms with Crippen molar-refractivity contribution in [3.63, 3.8) is 0 Å². The maximum Gasteiger partial charge on any atom is 0.416 e. The molecule has 8 heteroatoms. The molecule has 0 atom stereocenters. The standard InChI is InChI=1S/C20H12Cl2F3NO2/c21-14-8-12(9-15(22)11-14)18-6-4-17(28-18)5-7-19(27)26-16-3-1-2-13(10-16)20(23,24)25/h1-11H,(H,26,27)/b7-5+. The number of halogens is 5. The first kappa shape index (κ1) is 20.0. The van der Waals surface area contributed by atoms with Crippen LogP contribution in [0.1, 0.15) is 11.3 Å². The first-order valence-electron chi connectivity index (χ1n) is 7.93. The Morgan fingerprint density at radius 1 is 1.00 bits per heavy atom. The van der Waals surface area contributed by atoms with Crippen LogP contribution in [0.2, 0.25) is 10.0 Å². The lowest BCUT2D eigenvalue weighted by Crippen LogP contribution is -2.10. The van der Waals surface area contributed by atoms with Gasteiger partial charge in [0.05, 0.1) is 5.56 Å². The van der Waals surface area contributed by atoms with E-state index in [2.05, 4.69) is 5.32 Å². The summed E-state index contributed by atoms with van der Waals surface area (Å²) >= 11 is 11.9. The lowest BCUT2D eigenvalue weighted by molar-refractivity contribution is -0.137. The summed E-state index contributed by atoms with van der Waals surface area (Å²) in [5.41, 5.74) is -0.131. The third kappa shape index (κ3) is 5.18. The number of alkyl halides is 3. The molecule has 0 saturated heterocycles. The molecule has 3 rings (SSSR count). The number of amides is 1. The Labute approximate surface area is 168 Å². The molecule has 0 unspecified atom stereocenters. The zero-order chi connectivity index (χ0) is 20.3. The van der Waals surface area contributed by atoms with Gasteiger partial charge in [-0.1, -0.05) is 29.3 Å². The topological polar surface area (TPSA) is 42.2 Å². The molecular weight excluding hydrogens is 414 g/mol. The monoisotopic (exact) mass is 425 g/mol. The van der Waals surface area contributed by atoms with Gasteiger partial charge in [0.2, 0.25) is 5.91 Å². The molecule has 0 spiro atoms. The number of carbonyl (C=O) groups is 1. The van der Waals surface area contributed by atoms with Crippen LogP contribution in [0.5, 0.6) is 0 Å². The van der Waals surface area contributed by atoms with Crippen molar-refractivity contribution in [3.8, 4) is 11.3 Å². The van der Waals surface area contributed by atoms with E-state index >= 15 is 0 Å². The average molecular weight is 426 g/mol. The van der Waals surface area contributed by atoms with E-state index in [9.17, 15) is 18.0 Å². The maximum absolute atomic E-state index is 12.7. The smallest absolute Gasteiger partial charge is 0.416 e. The van der Waals surface area contributed by atoms with E-state index in [1.165, 1.54) is 18.2 Å². The second-order valence-electron chi connectivity index (χ2n) is 5.76. The van der Waals surface area contributed by atoms with E-state index in [1.807, 2.05) is 0 Å². The quantitative estimate of drug-likeness (QED) is 0.460. The SMILES string of the molecule is O=C(/C=C/c1ccc(-c2cc(Cl)cc(Cl)c2)o1)Nc1cccc(C(F)(F)F)c1. The molecule has 0 aliphatic carbocycles. The van der Waals surface area contributed by atoms with E-state index in [1.54, 1.807) is 30.3 Å². The number of furan rings is 1. The Bertz CT molecular complexity index is 1020. The van der Waals surface area contributed by atoms with Gasteiger partial charge in [0.25, 0.3) is 0 Å². The highest BCUT2D eigenvalue weighted by Gasteiger charge is 2.30. The Hall–Kier alpha value is -2.70. The normalized spacial score (nSPS) is 11.8. The van der Waals surface area contributed by atoms with Crippen LogP contribution in [0.25, 0.3) is 17.4 Å². The summed E-state index contributed by atoms with van der Waals surface area (Å²) in [7, 11) is 0. The first-order valence-corrected chi connectivity index (χ1v) is 8.69. The molecule has 144 valence electrons. The van der Waals surface area contributed by atoms with Gasteiger partial charge in [0.1, 0.15) is 11.5 Å². The van der Waals surface area contributed by atoms with Crippen LogP contribution in [0, 0.1) is 0 Å². The number of anilines is 1. The number of carbonyl (C=O) groups excluding carboxylic acids is 1. The predicted octanol–water partition coefficient (Wildman–Crippen LogP) is 6.92. The summed E-state index contributed by atoms with van der Waals surface area (Å²) in [6, 6.07) is 12.7. The van der Waals surface area contributed by atoms with Gasteiger partial charge in [0, 0.05) is 27.4 Å². The van der Waals surface area contributed by atoms with Crippen LogP contribution in [-0.2, 0) is 11.0 Å². The summed E-state index contributed by atoms with van der Waals surface area (Å²) in [6.45, 7) is 0. The third-order valence-electron chi connectivity index (χ3n) is 3.63. The molecule has 0 saturated carbocycles. The summed E-state index contributed by atoms with van der Waals surface area (Å²) in [5.74, 6) is 0.288. The van der Waals surface area contributed by atoms with Gasteiger partial charge < -0.3 is 9.73 Å². The first-order chi connectivity index (χ1) is 13.2. The molecule has 0 aliphatic rings. The minimum Gasteiger partial charge on any atom is -0.457 e. The highest BCUT2D eigenvalue weighted by Crippen LogP contribution is 2.31. The fourth-order valence-corrected chi connectivity index (χ4v) is 2.93. The minimum absolute atomic E-state index is 0.0400. The molecule has 1 amide bonds. The minimum atomic E-state index is -4.48. The summed E-state index contributed by atoms with van der Waals surface area (Å²) in [6.07, 6.45) is -1.92. The fraction of sp³-hybridized carbons (Fsp3) is 0.0500. The van der Waals surface area contributed by atoms with Crippen LogP contribution in [-0.4, -0.2) is 5.91 Å². The van der Waals surface area contributed by atoms with Crippen LogP contribution in [0.3, 0.4) is 0 Å². The molecule has 0 bridgehead atoms. The highest BCUT2D eigenvalue weighted by atomic mass is 35.5. The molecule has 2 aromatic carbocycles. The second-order valence-corrected chi connectivity index (χ2v) is 6.63. The van der Waals surface area contributed by atoms with Crippen LogP contribution in [0.15, 0.2) is 65.1 Å². The van der Waals surface area contributed by atoms with E-state index in [0.717, 1.165) is 18.2 Å². The van der Waals surface area contributed by atoms with Gasteiger partial charge in [-0.05, 0) is 54.6 Å². The van der Waals surface area contributed by atoms with Crippen molar-refractivity contribution in [1.82, 2.24) is 0 Å². The van der Waals surface area contributed by atoms with E-state index in [-0.39, 0.29) is 5.69 Å². The molecule has 1 N–H and O–H groups in total. The van der Waals surface area contributed by atoms with E-state index in [0.29, 0.717) is 27.1 Å². The molecule has 28 heavy (non-hydrogen) atoms. The Balaban J connectivity index is 1.69. The largest absolute Gasteiger partial charge is 0.457 e. The lowest BCUT2D eigenvalue weighted by Gasteiger charge is -2.08. The predicted molar refractivity (Wildman–Crippen MR) is 103 cm³/mol. The van der Waals surface area contributed by atoms with Crippen molar-refractivity contribution >= 4 is 40.9 Å². The second kappa shape index (κ2) is 8.12. The number of hydrogen-bond acceptors (Lipinski definition) is 2. The van der Waals surface area contributed by atoms with E-state index < -0.39 is 17.6 Å². The van der Waals surface area contributed by atoms with Gasteiger partial charge in [-0.3, -0.25) is 4.79 Å². The molecule has 3 nitrogen and oxygen atoms in total. The summed E-state index contributed by atoms with van der Waals surface area (Å²) < 4.78 is 43.7. The van der Waals surface area contributed by atoms with Gasteiger partial charge in [0.15, 0.2) is 0 Å². The number of rotatable bonds is 4. The van der Waals surface area contributed by atoms with Crippen molar-refractivity contribution in [2.75, 3.05) is 5.32 Å². The Kier molecular flexibility index (Phi) is 5.82. The van der Waals surface area contributed by atoms with Crippen LogP contribution >= 0.6 is 23.2 Å². The fourth-order valence-electron chi connectivity index (χ4n) is 2.41. The van der Waals surface area contributed by atoms with Crippen LogP contribution < -0.4 is 5.32 Å². The van der Waals surface area contributed by atoms with Gasteiger partial charge in [-0.2, -0.15) is 13.2 Å². The van der Waals surface area contributed by atoms with Crippen molar-refractivity contribution in [1.29, 1.82) is 0 Å². The van der Waals surface area contributed by atoms with E-state index in [4.69, 9.17) is 27.6 Å². The van der Waals surface area contributed by atoms with Crippen molar-refractivity contribution in [2.45, 2.75) is 6.18 Å². The Morgan fingerprint density at radius 2 is 1.71 bits per heavy atom. The van der Waals surface area contributed by atoms with Gasteiger partial charge in [-0.15, -0.1) is 0 Å². The average Bonchev–Trinajstić information content (AvgIpc) is 3.08. The van der Waals surface area contributed by atoms with Gasteiger partial charge in [-0.25, -0.2) is 0 Å². The van der Waals surface area contributed by atoms with Crippen molar-refractivity contribution in [3.05, 3.63) is 82.0 Å². The molecule has 1 aromatic heterocycles. The maximum atomic E-state index is 12.7. The highest BCUT2D eigenvalue weighted by molar-refractivity contribution is 6.35. The number of nitrogens with one attached hydrogen (secondary N) is 1. The Morgan fingerprint density at radius 3 is 2.39 bits per heavy atom. The zero-order valence-electron chi connectivity index (χ0n) is 14.1. The van der Waals surface area contributed by atoms with Crippen molar-refractivity contribution < 1.29 is 22.4 Å².